The van der Waals surface area contributed by atoms with Crippen LogP contribution < -0.4 is 5.32 Å². The molecule has 6 nitrogen and oxygen atoms in total. The van der Waals surface area contributed by atoms with E-state index in [-0.39, 0.29) is 24.2 Å². The van der Waals surface area contributed by atoms with Crippen LogP contribution in [0.2, 0.25) is 0 Å². The largest absolute Gasteiger partial charge is 0.339 e. The summed E-state index contributed by atoms with van der Waals surface area (Å²) in [4.78, 5) is 32.6. The van der Waals surface area contributed by atoms with Gasteiger partial charge in [-0.1, -0.05) is 12.1 Å². The molecule has 4 rings (SSSR count). The van der Waals surface area contributed by atoms with Crippen molar-refractivity contribution in [2.24, 2.45) is 0 Å². The van der Waals surface area contributed by atoms with Crippen molar-refractivity contribution < 1.29 is 14.0 Å². The van der Waals surface area contributed by atoms with Crippen molar-refractivity contribution in [3.8, 4) is 0 Å². The molecule has 1 atom stereocenters. The van der Waals surface area contributed by atoms with Crippen molar-refractivity contribution in [1.82, 2.24) is 14.7 Å². The van der Waals surface area contributed by atoms with Crippen LogP contribution in [0.15, 0.2) is 41.8 Å². The number of halogens is 1. The van der Waals surface area contributed by atoms with E-state index in [0.29, 0.717) is 44.5 Å². The molecular formula is C22H27FN4O2S. The Labute approximate surface area is 180 Å². The Morgan fingerprint density at radius 1 is 1.07 bits per heavy atom. The number of likely N-dealkylation sites (tertiary alicyclic amines) is 1. The lowest BCUT2D eigenvalue weighted by molar-refractivity contribution is -0.134. The van der Waals surface area contributed by atoms with Crippen LogP contribution in [-0.2, 0) is 9.59 Å². The smallest absolute Gasteiger partial charge is 0.238 e. The summed E-state index contributed by atoms with van der Waals surface area (Å²) in [6.45, 7) is 4.25. The number of piperazine rings is 1. The van der Waals surface area contributed by atoms with Crippen LogP contribution in [0, 0.1) is 5.82 Å². The molecule has 0 unspecified atom stereocenters. The Kier molecular flexibility index (Phi) is 6.76. The SMILES string of the molecule is O=C(CN1CCN(C(=O)CN2CCC[C@H]2c2cccs2)CC1)Nc1cccc(F)c1. The van der Waals surface area contributed by atoms with Gasteiger partial charge in [0.15, 0.2) is 0 Å². The first-order chi connectivity index (χ1) is 14.6. The fourth-order valence-corrected chi connectivity index (χ4v) is 5.11. The third-order valence-electron chi connectivity index (χ3n) is 5.77. The average molecular weight is 431 g/mol. The summed E-state index contributed by atoms with van der Waals surface area (Å²) in [6.07, 6.45) is 2.24. The zero-order valence-corrected chi connectivity index (χ0v) is 17.7. The van der Waals surface area contributed by atoms with Gasteiger partial charge in [-0.25, -0.2) is 4.39 Å². The summed E-state index contributed by atoms with van der Waals surface area (Å²) in [7, 11) is 0. The van der Waals surface area contributed by atoms with E-state index in [2.05, 4.69) is 27.7 Å². The van der Waals surface area contributed by atoms with E-state index >= 15 is 0 Å². The van der Waals surface area contributed by atoms with Crippen LogP contribution in [0.4, 0.5) is 10.1 Å². The van der Waals surface area contributed by atoms with Gasteiger partial charge in [-0.15, -0.1) is 11.3 Å². The number of rotatable bonds is 6. The summed E-state index contributed by atoms with van der Waals surface area (Å²) in [6, 6.07) is 10.5. The standard InChI is InChI=1S/C22H27FN4O2S/c23-17-4-1-5-18(14-17)24-21(28)15-25-9-11-26(12-10-25)22(29)16-27-8-2-6-19(27)20-7-3-13-30-20/h1,3-5,7,13-14,19H,2,6,8-12,15-16H2,(H,24,28)/t19-/m0/s1. The van der Waals surface area contributed by atoms with Crippen molar-refractivity contribution in [2.75, 3.05) is 51.1 Å². The molecule has 2 aliphatic heterocycles. The van der Waals surface area contributed by atoms with E-state index in [0.717, 1.165) is 19.4 Å². The van der Waals surface area contributed by atoms with Crippen molar-refractivity contribution in [3.05, 3.63) is 52.5 Å². The van der Waals surface area contributed by atoms with Gasteiger partial charge in [0.2, 0.25) is 11.8 Å². The summed E-state index contributed by atoms with van der Waals surface area (Å²) in [5, 5.41) is 4.82. The monoisotopic (exact) mass is 430 g/mol. The van der Waals surface area contributed by atoms with Gasteiger partial charge in [-0.2, -0.15) is 0 Å². The molecule has 1 N–H and O–H groups in total. The Morgan fingerprint density at radius 3 is 2.63 bits per heavy atom. The maximum atomic E-state index is 13.2. The van der Waals surface area contributed by atoms with E-state index in [1.165, 1.54) is 17.0 Å². The molecular weight excluding hydrogens is 403 g/mol. The molecule has 2 aliphatic rings. The second-order valence-corrected chi connectivity index (χ2v) is 8.84. The number of benzene rings is 1. The Balaban J connectivity index is 1.22. The number of nitrogens with one attached hydrogen (secondary N) is 1. The topological polar surface area (TPSA) is 55.9 Å². The summed E-state index contributed by atoms with van der Waals surface area (Å²) < 4.78 is 13.2. The predicted octanol–water partition coefficient (Wildman–Crippen LogP) is 2.81. The summed E-state index contributed by atoms with van der Waals surface area (Å²) in [5.41, 5.74) is 0.458. The first-order valence-corrected chi connectivity index (χ1v) is 11.3. The molecule has 2 saturated heterocycles. The molecule has 2 aromatic rings. The van der Waals surface area contributed by atoms with E-state index in [1.807, 2.05) is 9.80 Å². The summed E-state index contributed by atoms with van der Waals surface area (Å²) in [5.74, 6) is -0.377. The third-order valence-corrected chi connectivity index (χ3v) is 6.75. The van der Waals surface area contributed by atoms with Gasteiger partial charge in [0.05, 0.1) is 13.1 Å². The highest BCUT2D eigenvalue weighted by Crippen LogP contribution is 2.34. The minimum absolute atomic E-state index is 0.169. The lowest BCUT2D eigenvalue weighted by Crippen LogP contribution is -2.52. The van der Waals surface area contributed by atoms with Gasteiger partial charge in [-0.05, 0) is 49.0 Å². The Hall–Kier alpha value is -2.29. The minimum Gasteiger partial charge on any atom is -0.339 e. The molecule has 0 aliphatic carbocycles. The van der Waals surface area contributed by atoms with Crippen LogP contribution in [0.1, 0.15) is 23.8 Å². The van der Waals surface area contributed by atoms with Gasteiger partial charge < -0.3 is 10.2 Å². The van der Waals surface area contributed by atoms with Crippen LogP contribution in [-0.4, -0.2) is 72.3 Å². The molecule has 2 fully saturated rings. The number of carbonyl (C=O) groups is 2. The van der Waals surface area contributed by atoms with E-state index in [1.54, 1.807) is 23.5 Å². The van der Waals surface area contributed by atoms with Crippen LogP contribution >= 0.6 is 11.3 Å². The highest BCUT2D eigenvalue weighted by molar-refractivity contribution is 7.10. The van der Waals surface area contributed by atoms with Gasteiger partial charge >= 0.3 is 0 Å². The molecule has 3 heterocycles. The van der Waals surface area contributed by atoms with E-state index in [4.69, 9.17) is 0 Å². The third kappa shape index (κ3) is 5.24. The van der Waals surface area contributed by atoms with E-state index in [9.17, 15) is 14.0 Å². The first-order valence-electron chi connectivity index (χ1n) is 10.4. The molecule has 0 spiro atoms. The Bertz CT molecular complexity index is 868. The molecule has 0 radical (unpaired) electrons. The number of anilines is 1. The number of hydrogen-bond acceptors (Lipinski definition) is 5. The van der Waals surface area contributed by atoms with E-state index < -0.39 is 0 Å². The zero-order valence-electron chi connectivity index (χ0n) is 16.9. The quantitative estimate of drug-likeness (QED) is 0.766. The maximum absolute atomic E-state index is 13.2. The zero-order chi connectivity index (χ0) is 20.9. The van der Waals surface area contributed by atoms with Crippen LogP contribution in [0.3, 0.4) is 0 Å². The van der Waals surface area contributed by atoms with Gasteiger partial charge in [0.1, 0.15) is 5.82 Å². The summed E-state index contributed by atoms with van der Waals surface area (Å²) >= 11 is 1.76. The number of thiophene rings is 1. The second kappa shape index (κ2) is 9.68. The fourth-order valence-electron chi connectivity index (χ4n) is 4.22. The number of carbonyl (C=O) groups excluding carboxylic acids is 2. The molecule has 0 bridgehead atoms. The van der Waals surface area contributed by atoms with Gasteiger partial charge in [0.25, 0.3) is 0 Å². The second-order valence-electron chi connectivity index (χ2n) is 7.86. The number of amides is 2. The molecule has 30 heavy (non-hydrogen) atoms. The molecule has 1 aromatic heterocycles. The van der Waals surface area contributed by atoms with Crippen molar-refractivity contribution >= 4 is 28.8 Å². The van der Waals surface area contributed by atoms with Crippen molar-refractivity contribution in [3.63, 3.8) is 0 Å². The number of nitrogens with zero attached hydrogens (tertiary/aromatic N) is 3. The maximum Gasteiger partial charge on any atom is 0.238 e. The van der Waals surface area contributed by atoms with Crippen molar-refractivity contribution in [1.29, 1.82) is 0 Å². The molecule has 0 saturated carbocycles. The predicted molar refractivity (Wildman–Crippen MR) is 116 cm³/mol. The normalized spacial score (nSPS) is 20.4. The van der Waals surface area contributed by atoms with Gasteiger partial charge in [-0.3, -0.25) is 19.4 Å². The highest BCUT2D eigenvalue weighted by atomic mass is 32.1. The average Bonchev–Trinajstić information content (AvgIpc) is 3.40. The lowest BCUT2D eigenvalue weighted by atomic mass is 10.2. The highest BCUT2D eigenvalue weighted by Gasteiger charge is 2.30. The lowest BCUT2D eigenvalue weighted by Gasteiger charge is -2.35. The van der Waals surface area contributed by atoms with Crippen molar-refractivity contribution in [2.45, 2.75) is 18.9 Å². The minimum atomic E-state index is -0.376. The Morgan fingerprint density at radius 2 is 1.90 bits per heavy atom. The molecule has 8 heteroatoms. The fraction of sp³-hybridized carbons (Fsp3) is 0.455. The van der Waals surface area contributed by atoms with Crippen LogP contribution in [0.5, 0.6) is 0 Å². The van der Waals surface area contributed by atoms with Gasteiger partial charge in [0, 0.05) is 42.8 Å². The first kappa shape index (κ1) is 21.0. The molecule has 2 amide bonds. The molecule has 1 aromatic carbocycles. The molecule has 160 valence electrons. The van der Waals surface area contributed by atoms with Crippen LogP contribution in [0.25, 0.3) is 0 Å². The number of hydrogen-bond donors (Lipinski definition) is 1.